The third kappa shape index (κ3) is 8.13. The first kappa shape index (κ1) is 20.6. The number of hydrogen-bond acceptors (Lipinski definition) is 2. The lowest BCUT2D eigenvalue weighted by atomic mass is 10.0. The minimum Gasteiger partial charge on any atom is -0.380 e. The minimum absolute atomic E-state index is 0. The zero-order valence-corrected chi connectivity index (χ0v) is 15.9. The first-order valence-electron chi connectivity index (χ1n) is 7.44. The Morgan fingerprint density at radius 3 is 2.45 bits per heavy atom. The molecule has 0 radical (unpaired) electrons. The predicted molar refractivity (Wildman–Crippen MR) is 107 cm³/mol. The van der Waals surface area contributed by atoms with Gasteiger partial charge < -0.3 is 16.0 Å². The molecule has 0 saturated carbocycles. The first-order chi connectivity index (χ1) is 10.2. The van der Waals surface area contributed by atoms with Crippen molar-refractivity contribution in [3.8, 4) is 12.3 Å². The van der Waals surface area contributed by atoms with E-state index in [0.29, 0.717) is 19.0 Å². The minimum atomic E-state index is 0. The van der Waals surface area contributed by atoms with Crippen LogP contribution in [0.25, 0.3) is 0 Å². The van der Waals surface area contributed by atoms with Crippen LogP contribution in [0, 0.1) is 18.3 Å². The number of halogens is 1. The molecule has 0 aliphatic rings. The summed E-state index contributed by atoms with van der Waals surface area (Å²) in [6, 6.07) is 10.5. The Morgan fingerprint density at radius 1 is 1.23 bits per heavy atom. The number of anilines is 1. The van der Waals surface area contributed by atoms with E-state index in [-0.39, 0.29) is 30.0 Å². The van der Waals surface area contributed by atoms with Gasteiger partial charge in [0.2, 0.25) is 0 Å². The van der Waals surface area contributed by atoms with Crippen molar-refractivity contribution < 1.29 is 0 Å². The maximum Gasteiger partial charge on any atom is 0.192 e. The first-order valence-corrected chi connectivity index (χ1v) is 7.44. The van der Waals surface area contributed by atoms with Crippen molar-refractivity contribution in [3.05, 3.63) is 30.3 Å². The van der Waals surface area contributed by atoms with E-state index in [1.807, 2.05) is 25.1 Å². The molecule has 1 rings (SSSR count). The standard InChI is InChI=1S/C17H26N4.HI/c1-5-12-19-17(18-6-2)20-13-16(14(3)4)21-15-10-8-7-9-11-15;/h1,7-11,14,16,21H,6,12-13H2,2-4H3,(H2,18,19,20);1H. The summed E-state index contributed by atoms with van der Waals surface area (Å²) in [6.45, 7) is 8.40. The molecule has 122 valence electrons. The van der Waals surface area contributed by atoms with Gasteiger partial charge in [0.15, 0.2) is 5.96 Å². The van der Waals surface area contributed by atoms with E-state index in [9.17, 15) is 0 Å². The second-order valence-electron chi connectivity index (χ2n) is 5.14. The lowest BCUT2D eigenvalue weighted by molar-refractivity contribution is 0.531. The topological polar surface area (TPSA) is 48.5 Å². The highest BCUT2D eigenvalue weighted by atomic mass is 127. The Morgan fingerprint density at radius 2 is 1.91 bits per heavy atom. The van der Waals surface area contributed by atoms with Crippen LogP contribution >= 0.6 is 24.0 Å². The van der Waals surface area contributed by atoms with E-state index in [2.05, 4.69) is 52.8 Å². The lowest BCUT2D eigenvalue weighted by Crippen LogP contribution is -2.39. The van der Waals surface area contributed by atoms with Gasteiger partial charge in [0.05, 0.1) is 13.1 Å². The Kier molecular flexibility index (Phi) is 11.4. The fourth-order valence-corrected chi connectivity index (χ4v) is 1.84. The van der Waals surface area contributed by atoms with E-state index >= 15 is 0 Å². The molecule has 0 bridgehead atoms. The van der Waals surface area contributed by atoms with Crippen molar-refractivity contribution in [1.82, 2.24) is 10.6 Å². The molecule has 0 heterocycles. The predicted octanol–water partition coefficient (Wildman–Crippen LogP) is 2.93. The van der Waals surface area contributed by atoms with Crippen molar-refractivity contribution in [2.24, 2.45) is 10.9 Å². The molecule has 0 aliphatic heterocycles. The number of nitrogens with zero attached hydrogens (tertiary/aromatic N) is 1. The molecule has 0 saturated heterocycles. The van der Waals surface area contributed by atoms with Crippen LogP contribution < -0.4 is 16.0 Å². The maximum atomic E-state index is 5.27. The van der Waals surface area contributed by atoms with Crippen molar-refractivity contribution >= 4 is 35.6 Å². The molecule has 0 aliphatic carbocycles. The third-order valence-corrected chi connectivity index (χ3v) is 3.08. The number of hydrogen-bond donors (Lipinski definition) is 3. The monoisotopic (exact) mass is 414 g/mol. The normalized spacial score (nSPS) is 12.0. The largest absolute Gasteiger partial charge is 0.380 e. The SMILES string of the molecule is C#CCNC(=NCC(Nc1ccccc1)C(C)C)NCC.I. The lowest BCUT2D eigenvalue weighted by Gasteiger charge is -2.22. The van der Waals surface area contributed by atoms with Crippen molar-refractivity contribution in [1.29, 1.82) is 0 Å². The number of nitrogens with one attached hydrogen (secondary N) is 3. The average molecular weight is 414 g/mol. The molecular weight excluding hydrogens is 387 g/mol. The van der Waals surface area contributed by atoms with Crippen LogP contribution in [0.4, 0.5) is 5.69 Å². The van der Waals surface area contributed by atoms with Crippen LogP contribution in [-0.2, 0) is 0 Å². The van der Waals surface area contributed by atoms with Gasteiger partial charge in [-0.2, -0.15) is 0 Å². The zero-order valence-electron chi connectivity index (χ0n) is 13.6. The average Bonchev–Trinajstić information content (AvgIpc) is 2.49. The van der Waals surface area contributed by atoms with Gasteiger partial charge in [-0.25, -0.2) is 0 Å². The van der Waals surface area contributed by atoms with Gasteiger partial charge >= 0.3 is 0 Å². The summed E-state index contributed by atoms with van der Waals surface area (Å²) in [7, 11) is 0. The molecule has 4 nitrogen and oxygen atoms in total. The molecule has 0 spiro atoms. The summed E-state index contributed by atoms with van der Waals surface area (Å²) in [5.41, 5.74) is 1.12. The smallest absolute Gasteiger partial charge is 0.192 e. The van der Waals surface area contributed by atoms with Gasteiger partial charge in [-0.15, -0.1) is 30.4 Å². The summed E-state index contributed by atoms with van der Waals surface area (Å²) in [5.74, 6) is 3.80. The summed E-state index contributed by atoms with van der Waals surface area (Å²) in [6.07, 6.45) is 5.27. The van der Waals surface area contributed by atoms with E-state index in [1.54, 1.807) is 0 Å². The van der Waals surface area contributed by atoms with E-state index in [1.165, 1.54) is 0 Å². The highest BCUT2D eigenvalue weighted by molar-refractivity contribution is 14.0. The van der Waals surface area contributed by atoms with Crippen LogP contribution in [0.2, 0.25) is 0 Å². The second-order valence-corrected chi connectivity index (χ2v) is 5.14. The molecule has 0 aromatic heterocycles. The Balaban J connectivity index is 0.00000441. The quantitative estimate of drug-likeness (QED) is 0.278. The van der Waals surface area contributed by atoms with Gasteiger partial charge in [0.25, 0.3) is 0 Å². The van der Waals surface area contributed by atoms with E-state index in [4.69, 9.17) is 6.42 Å². The molecule has 5 heteroatoms. The van der Waals surface area contributed by atoms with E-state index in [0.717, 1.165) is 18.2 Å². The summed E-state index contributed by atoms with van der Waals surface area (Å²) in [5, 5.41) is 9.82. The highest BCUT2D eigenvalue weighted by Crippen LogP contribution is 2.12. The number of benzene rings is 1. The number of aliphatic imine (C=N–C) groups is 1. The zero-order chi connectivity index (χ0) is 15.5. The maximum absolute atomic E-state index is 5.27. The fourth-order valence-electron chi connectivity index (χ4n) is 1.84. The van der Waals surface area contributed by atoms with Gasteiger partial charge in [0, 0.05) is 18.3 Å². The van der Waals surface area contributed by atoms with Crippen LogP contribution in [0.5, 0.6) is 0 Å². The number of terminal acetylenes is 1. The molecule has 1 atom stereocenters. The molecule has 0 fully saturated rings. The van der Waals surface area contributed by atoms with Crippen LogP contribution in [0.3, 0.4) is 0 Å². The van der Waals surface area contributed by atoms with Gasteiger partial charge in [0.1, 0.15) is 0 Å². The summed E-state index contributed by atoms with van der Waals surface area (Å²) >= 11 is 0. The fraction of sp³-hybridized carbons (Fsp3) is 0.471. The summed E-state index contributed by atoms with van der Waals surface area (Å²) < 4.78 is 0. The Labute approximate surface area is 151 Å². The molecule has 1 aromatic carbocycles. The summed E-state index contributed by atoms with van der Waals surface area (Å²) in [4.78, 5) is 4.61. The van der Waals surface area contributed by atoms with Crippen molar-refractivity contribution in [3.63, 3.8) is 0 Å². The molecule has 1 aromatic rings. The molecule has 22 heavy (non-hydrogen) atoms. The van der Waals surface area contributed by atoms with Crippen molar-refractivity contribution in [2.45, 2.75) is 26.8 Å². The van der Waals surface area contributed by atoms with Gasteiger partial charge in [-0.05, 0) is 25.0 Å². The Bertz CT molecular complexity index is 465. The molecule has 3 N–H and O–H groups in total. The molecule has 0 amide bonds. The van der Waals surface area contributed by atoms with Crippen LogP contribution in [0.15, 0.2) is 35.3 Å². The van der Waals surface area contributed by atoms with Crippen LogP contribution in [-0.4, -0.2) is 31.6 Å². The third-order valence-electron chi connectivity index (χ3n) is 3.08. The van der Waals surface area contributed by atoms with Crippen molar-refractivity contribution in [2.75, 3.05) is 25.0 Å². The van der Waals surface area contributed by atoms with Crippen LogP contribution in [0.1, 0.15) is 20.8 Å². The number of para-hydroxylation sites is 1. The Hall–Kier alpha value is -1.42. The number of guanidine groups is 1. The molecular formula is C17H27IN4. The highest BCUT2D eigenvalue weighted by Gasteiger charge is 2.12. The van der Waals surface area contributed by atoms with Gasteiger partial charge in [-0.1, -0.05) is 38.0 Å². The second kappa shape index (κ2) is 12.2. The van der Waals surface area contributed by atoms with E-state index < -0.39 is 0 Å². The number of rotatable bonds is 7. The van der Waals surface area contributed by atoms with Gasteiger partial charge in [-0.3, -0.25) is 4.99 Å². The molecule has 1 unspecified atom stereocenters.